The quantitative estimate of drug-likeness (QED) is 0.179. The van der Waals surface area contributed by atoms with E-state index in [4.69, 9.17) is 16.5 Å². The van der Waals surface area contributed by atoms with Gasteiger partial charge in [0.25, 0.3) is 0 Å². The van der Waals surface area contributed by atoms with Gasteiger partial charge in [0.05, 0.1) is 28.0 Å². The number of imidazole rings is 1. The molecule has 0 saturated heterocycles. The monoisotopic (exact) mass is 644 g/mol. The first-order valence-electron chi connectivity index (χ1n) is 16.4. The molecule has 1 aliphatic carbocycles. The maximum atomic E-state index is 7.53. The smallest absolute Gasteiger partial charge is 0.195 e. The van der Waals surface area contributed by atoms with Gasteiger partial charge >= 0.3 is 0 Å². The van der Waals surface area contributed by atoms with Crippen LogP contribution in [0.5, 0.6) is 0 Å². The molecule has 5 heteroatoms. The van der Waals surface area contributed by atoms with Crippen LogP contribution >= 0.6 is 11.3 Å². The van der Waals surface area contributed by atoms with Gasteiger partial charge in [-0.05, 0) is 74.8 Å². The Morgan fingerprint density at radius 1 is 0.633 bits per heavy atom. The van der Waals surface area contributed by atoms with Crippen LogP contribution in [0.1, 0.15) is 25.0 Å². The first-order chi connectivity index (χ1) is 24.0. The van der Waals surface area contributed by atoms with Crippen LogP contribution in [0.15, 0.2) is 133 Å². The maximum absolute atomic E-state index is 7.53. The summed E-state index contributed by atoms with van der Waals surface area (Å²) in [6.07, 6.45) is 0. The Bertz CT molecular complexity index is 2870. The molecule has 49 heavy (non-hydrogen) atoms. The molecule has 0 unspecified atom stereocenters. The molecule has 3 heterocycles. The number of hydrogen-bond donors (Lipinski definition) is 0. The summed E-state index contributed by atoms with van der Waals surface area (Å²) in [5.74, 6) is 0. The molecule has 0 bridgehead atoms. The van der Waals surface area contributed by atoms with E-state index in [1.807, 2.05) is 18.2 Å². The highest BCUT2D eigenvalue weighted by molar-refractivity contribution is 7.23. The van der Waals surface area contributed by atoms with Crippen LogP contribution in [0.4, 0.5) is 5.69 Å². The lowest BCUT2D eigenvalue weighted by atomic mass is 9.81. The summed E-state index contributed by atoms with van der Waals surface area (Å²) in [5.41, 5.74) is 16.4. The van der Waals surface area contributed by atoms with E-state index in [1.54, 1.807) is 11.3 Å². The van der Waals surface area contributed by atoms with E-state index in [-0.39, 0.29) is 5.41 Å². The van der Waals surface area contributed by atoms with Crippen LogP contribution < -0.4 is 0 Å². The summed E-state index contributed by atoms with van der Waals surface area (Å²) < 4.78 is 3.50. The van der Waals surface area contributed by atoms with Gasteiger partial charge in [0.15, 0.2) is 10.6 Å². The van der Waals surface area contributed by atoms with Gasteiger partial charge in [-0.3, -0.25) is 4.40 Å². The highest BCUT2D eigenvalue weighted by atomic mass is 32.1. The molecule has 9 aromatic rings. The average molecular weight is 645 g/mol. The van der Waals surface area contributed by atoms with Gasteiger partial charge in [-0.25, -0.2) is 14.8 Å². The van der Waals surface area contributed by atoms with Crippen molar-refractivity contribution in [1.29, 1.82) is 0 Å². The second-order valence-electron chi connectivity index (χ2n) is 13.4. The molecule has 3 aromatic heterocycles. The fraction of sp³-hybridized carbons (Fsp3) is 0.0682. The lowest BCUT2D eigenvalue weighted by Crippen LogP contribution is -2.14. The highest BCUT2D eigenvalue weighted by Gasteiger charge is 2.35. The Kier molecular flexibility index (Phi) is 5.82. The summed E-state index contributed by atoms with van der Waals surface area (Å²) >= 11 is 1.72. The third kappa shape index (κ3) is 4.08. The van der Waals surface area contributed by atoms with Crippen molar-refractivity contribution in [1.82, 2.24) is 14.4 Å². The average Bonchev–Trinajstić information content (AvgIpc) is 3.77. The zero-order chi connectivity index (χ0) is 32.9. The summed E-state index contributed by atoms with van der Waals surface area (Å²) in [4.78, 5) is 15.1. The highest BCUT2D eigenvalue weighted by Crippen LogP contribution is 2.50. The number of hydrogen-bond acceptors (Lipinski definition) is 3. The van der Waals surface area contributed by atoms with Crippen molar-refractivity contribution in [2.45, 2.75) is 19.3 Å². The zero-order valence-corrected chi connectivity index (χ0v) is 27.7. The molecule has 0 atom stereocenters. The molecule has 0 N–H and O–H groups in total. The first kappa shape index (κ1) is 28.0. The van der Waals surface area contributed by atoms with Crippen LogP contribution in [0.3, 0.4) is 0 Å². The van der Waals surface area contributed by atoms with Crippen LogP contribution in [0, 0.1) is 6.57 Å². The number of rotatable bonds is 3. The second-order valence-corrected chi connectivity index (χ2v) is 14.4. The minimum Gasteiger partial charge on any atom is -0.281 e. The van der Waals surface area contributed by atoms with Crippen molar-refractivity contribution >= 4 is 54.1 Å². The molecule has 0 aliphatic heterocycles. The van der Waals surface area contributed by atoms with Gasteiger partial charge < -0.3 is 0 Å². The Balaban J connectivity index is 1.12. The molecule has 4 nitrogen and oxygen atoms in total. The summed E-state index contributed by atoms with van der Waals surface area (Å²) in [5, 5.41) is 1.07. The fourth-order valence-electron chi connectivity index (χ4n) is 7.75. The van der Waals surface area contributed by atoms with Crippen LogP contribution in [-0.4, -0.2) is 14.4 Å². The number of nitrogens with zero attached hydrogens (tertiary/aromatic N) is 4. The standard InChI is InChI=1S/C44H28N4S/c1-44(2)35-23-29(16-19-32(35)33-20-18-31(45-3)25-36(33)44)27-12-9-13-28(22-27)30-17-21-39-38(24-30)48-42-40(26-10-5-4-6-11-26)46-37-15-8-7-14-34(37)41(42)47-43(48)49-39/h4-25H,1-2H3. The lowest BCUT2D eigenvalue weighted by Gasteiger charge is -2.22. The molecule has 6 aromatic carbocycles. The minimum atomic E-state index is -0.180. The lowest BCUT2D eigenvalue weighted by molar-refractivity contribution is 0.661. The number of pyridine rings is 1. The fourth-order valence-corrected chi connectivity index (χ4v) is 8.75. The van der Waals surface area contributed by atoms with Gasteiger partial charge in [-0.15, -0.1) is 0 Å². The van der Waals surface area contributed by atoms with E-state index in [0.29, 0.717) is 5.69 Å². The normalized spacial score (nSPS) is 13.2. The minimum absolute atomic E-state index is 0.180. The van der Waals surface area contributed by atoms with Crippen LogP contribution in [-0.2, 0) is 5.41 Å². The summed E-state index contributed by atoms with van der Waals surface area (Å²) in [6, 6.07) is 47.3. The van der Waals surface area contributed by atoms with Gasteiger partial charge in [0.2, 0.25) is 0 Å². The molecule has 230 valence electrons. The van der Waals surface area contributed by atoms with E-state index in [9.17, 15) is 0 Å². The van der Waals surface area contributed by atoms with E-state index in [2.05, 4.69) is 138 Å². The zero-order valence-electron chi connectivity index (χ0n) is 26.9. The number of thiazole rings is 1. The van der Waals surface area contributed by atoms with Crippen molar-refractivity contribution in [2.75, 3.05) is 0 Å². The second kappa shape index (κ2) is 10.2. The van der Waals surface area contributed by atoms with E-state index < -0.39 is 0 Å². The van der Waals surface area contributed by atoms with Crippen molar-refractivity contribution in [3.63, 3.8) is 0 Å². The maximum Gasteiger partial charge on any atom is 0.195 e. The van der Waals surface area contributed by atoms with E-state index >= 15 is 0 Å². The molecule has 0 spiro atoms. The molecule has 1 aliphatic rings. The van der Waals surface area contributed by atoms with Gasteiger partial charge in [-0.2, -0.15) is 0 Å². The van der Waals surface area contributed by atoms with Gasteiger partial charge in [0.1, 0.15) is 11.0 Å². The first-order valence-corrected chi connectivity index (χ1v) is 17.3. The third-order valence-electron chi connectivity index (χ3n) is 10.2. The molecule has 0 amide bonds. The molecule has 0 radical (unpaired) electrons. The largest absolute Gasteiger partial charge is 0.281 e. The molecule has 0 saturated carbocycles. The predicted molar refractivity (Wildman–Crippen MR) is 204 cm³/mol. The number of para-hydroxylation sites is 1. The van der Waals surface area contributed by atoms with Gasteiger partial charge in [0, 0.05) is 16.4 Å². The molecule has 0 fully saturated rings. The van der Waals surface area contributed by atoms with Crippen molar-refractivity contribution in [3.8, 4) is 44.6 Å². The van der Waals surface area contributed by atoms with Crippen LogP contribution in [0.25, 0.3) is 86.6 Å². The number of benzene rings is 6. The Morgan fingerprint density at radius 2 is 1.31 bits per heavy atom. The Morgan fingerprint density at radius 3 is 2.12 bits per heavy atom. The van der Waals surface area contributed by atoms with Crippen molar-refractivity contribution in [2.24, 2.45) is 0 Å². The van der Waals surface area contributed by atoms with Crippen molar-refractivity contribution in [3.05, 3.63) is 156 Å². The van der Waals surface area contributed by atoms with E-state index in [1.165, 1.54) is 43.6 Å². The third-order valence-corrected chi connectivity index (χ3v) is 11.3. The molecular formula is C44H28N4S. The van der Waals surface area contributed by atoms with Gasteiger partial charge in [-0.1, -0.05) is 128 Å². The molecule has 10 rings (SSSR count). The van der Waals surface area contributed by atoms with Crippen LogP contribution in [0.2, 0.25) is 0 Å². The summed E-state index contributed by atoms with van der Waals surface area (Å²) in [7, 11) is 0. The Hall–Kier alpha value is -6.09. The topological polar surface area (TPSA) is 34.5 Å². The van der Waals surface area contributed by atoms with E-state index in [0.717, 1.165) is 49.2 Å². The number of fused-ring (bicyclic) bond motifs is 10. The summed E-state index contributed by atoms with van der Waals surface area (Å²) in [6.45, 7) is 12.1. The number of aromatic nitrogens is 3. The van der Waals surface area contributed by atoms with Crippen molar-refractivity contribution < 1.29 is 0 Å². The SMILES string of the molecule is [C-]#[N+]c1ccc2c(c1)C(C)(C)c1cc(-c3cccc(-c4ccc5sc6nc7c8ccccc8nc(-c8ccccc8)c7n6c5c4)c3)ccc1-2. The predicted octanol–water partition coefficient (Wildman–Crippen LogP) is 12.1. The molecular weight excluding hydrogens is 617 g/mol. The Labute approximate surface area is 287 Å².